The fourth-order valence-electron chi connectivity index (χ4n) is 2.83. The SMILES string of the molecule is CCCNCCc1ccc(CN(CC(C)C)C2CC2)cc1. The highest BCUT2D eigenvalue weighted by atomic mass is 15.2. The predicted octanol–water partition coefficient (Wildman–Crippen LogP) is 3.85. The molecule has 1 aromatic carbocycles. The molecule has 0 aromatic heterocycles. The Morgan fingerprint density at radius 2 is 1.76 bits per heavy atom. The number of hydrogen-bond donors (Lipinski definition) is 1. The molecule has 0 saturated heterocycles. The molecule has 0 radical (unpaired) electrons. The minimum Gasteiger partial charge on any atom is -0.316 e. The van der Waals surface area contributed by atoms with Crippen molar-refractivity contribution in [2.75, 3.05) is 19.6 Å². The topological polar surface area (TPSA) is 15.3 Å². The average molecular weight is 288 g/mol. The number of rotatable bonds is 10. The molecule has 1 N–H and O–H groups in total. The largest absolute Gasteiger partial charge is 0.316 e. The standard InChI is InChI=1S/C19H32N2/c1-4-12-20-13-11-17-5-7-18(8-6-17)15-21(14-16(2)3)19-9-10-19/h5-8,16,19-20H,4,9-15H2,1-3H3. The van der Waals surface area contributed by atoms with Crippen LogP contribution in [0.2, 0.25) is 0 Å². The fourth-order valence-corrected chi connectivity index (χ4v) is 2.83. The van der Waals surface area contributed by atoms with Crippen molar-refractivity contribution in [1.29, 1.82) is 0 Å². The van der Waals surface area contributed by atoms with Crippen LogP contribution in [0.5, 0.6) is 0 Å². The Hall–Kier alpha value is -0.860. The molecule has 0 heterocycles. The molecular weight excluding hydrogens is 256 g/mol. The van der Waals surface area contributed by atoms with E-state index in [1.165, 1.54) is 36.9 Å². The van der Waals surface area contributed by atoms with Gasteiger partial charge in [0.05, 0.1) is 0 Å². The first-order chi connectivity index (χ1) is 10.2. The van der Waals surface area contributed by atoms with Crippen molar-refractivity contribution in [3.63, 3.8) is 0 Å². The summed E-state index contributed by atoms with van der Waals surface area (Å²) in [5, 5.41) is 3.47. The van der Waals surface area contributed by atoms with E-state index in [1.807, 2.05) is 0 Å². The number of hydrogen-bond acceptors (Lipinski definition) is 2. The first kappa shape index (κ1) is 16.5. The van der Waals surface area contributed by atoms with E-state index in [9.17, 15) is 0 Å². The van der Waals surface area contributed by atoms with Gasteiger partial charge in [-0.15, -0.1) is 0 Å². The van der Waals surface area contributed by atoms with Gasteiger partial charge in [-0.2, -0.15) is 0 Å². The zero-order valence-corrected chi connectivity index (χ0v) is 14.1. The molecule has 0 atom stereocenters. The van der Waals surface area contributed by atoms with Gasteiger partial charge in [0.15, 0.2) is 0 Å². The lowest BCUT2D eigenvalue weighted by Gasteiger charge is -2.24. The minimum absolute atomic E-state index is 0.759. The van der Waals surface area contributed by atoms with Gasteiger partial charge in [0, 0.05) is 19.1 Å². The van der Waals surface area contributed by atoms with Crippen LogP contribution in [0.4, 0.5) is 0 Å². The lowest BCUT2D eigenvalue weighted by atomic mass is 10.1. The highest BCUT2D eigenvalue weighted by Crippen LogP contribution is 2.29. The predicted molar refractivity (Wildman–Crippen MR) is 91.6 cm³/mol. The van der Waals surface area contributed by atoms with E-state index in [-0.39, 0.29) is 0 Å². The molecule has 1 saturated carbocycles. The van der Waals surface area contributed by atoms with E-state index < -0.39 is 0 Å². The van der Waals surface area contributed by atoms with Crippen molar-refractivity contribution in [3.8, 4) is 0 Å². The van der Waals surface area contributed by atoms with Crippen LogP contribution in [0, 0.1) is 5.92 Å². The third kappa shape index (κ3) is 6.19. The molecule has 21 heavy (non-hydrogen) atoms. The number of nitrogens with one attached hydrogen (secondary N) is 1. The van der Waals surface area contributed by atoms with E-state index in [4.69, 9.17) is 0 Å². The molecule has 0 unspecified atom stereocenters. The van der Waals surface area contributed by atoms with Gasteiger partial charge in [0.1, 0.15) is 0 Å². The van der Waals surface area contributed by atoms with Crippen LogP contribution in [-0.4, -0.2) is 30.6 Å². The zero-order chi connectivity index (χ0) is 15.1. The maximum atomic E-state index is 3.47. The van der Waals surface area contributed by atoms with Crippen LogP contribution in [0.15, 0.2) is 24.3 Å². The Morgan fingerprint density at radius 3 is 2.33 bits per heavy atom. The Balaban J connectivity index is 1.80. The van der Waals surface area contributed by atoms with E-state index >= 15 is 0 Å². The maximum absolute atomic E-state index is 3.47. The summed E-state index contributed by atoms with van der Waals surface area (Å²) in [7, 11) is 0. The smallest absolute Gasteiger partial charge is 0.0236 e. The molecule has 2 heteroatoms. The van der Waals surface area contributed by atoms with E-state index in [1.54, 1.807) is 0 Å². The highest BCUT2D eigenvalue weighted by molar-refractivity contribution is 5.23. The van der Waals surface area contributed by atoms with E-state index in [0.717, 1.165) is 38.0 Å². The first-order valence-electron chi connectivity index (χ1n) is 8.71. The zero-order valence-electron chi connectivity index (χ0n) is 14.1. The maximum Gasteiger partial charge on any atom is 0.0236 e. The van der Waals surface area contributed by atoms with Crippen molar-refractivity contribution < 1.29 is 0 Å². The molecule has 0 amide bonds. The fraction of sp³-hybridized carbons (Fsp3) is 0.684. The number of nitrogens with zero attached hydrogens (tertiary/aromatic N) is 1. The van der Waals surface area contributed by atoms with E-state index in [0.29, 0.717) is 0 Å². The summed E-state index contributed by atoms with van der Waals surface area (Å²) in [5.74, 6) is 0.759. The van der Waals surface area contributed by atoms with Crippen molar-refractivity contribution >= 4 is 0 Å². The lowest BCUT2D eigenvalue weighted by molar-refractivity contribution is 0.226. The van der Waals surface area contributed by atoms with Crippen LogP contribution in [0.3, 0.4) is 0 Å². The summed E-state index contributed by atoms with van der Waals surface area (Å²) in [6.45, 7) is 11.4. The lowest BCUT2D eigenvalue weighted by Crippen LogP contribution is -2.29. The molecule has 0 bridgehead atoms. The van der Waals surface area contributed by atoms with Crippen LogP contribution in [0.1, 0.15) is 51.2 Å². The third-order valence-electron chi connectivity index (χ3n) is 4.09. The van der Waals surface area contributed by atoms with Crippen molar-refractivity contribution in [3.05, 3.63) is 35.4 Å². The molecular formula is C19H32N2. The Morgan fingerprint density at radius 1 is 1.10 bits per heavy atom. The molecule has 1 fully saturated rings. The summed E-state index contributed by atoms with van der Waals surface area (Å²) in [5.41, 5.74) is 2.91. The molecule has 118 valence electrons. The molecule has 1 aliphatic carbocycles. The van der Waals surface area contributed by atoms with Gasteiger partial charge in [-0.3, -0.25) is 4.90 Å². The molecule has 0 aliphatic heterocycles. The Kier molecular flexibility index (Phi) is 6.72. The summed E-state index contributed by atoms with van der Waals surface area (Å²) in [4.78, 5) is 2.67. The average Bonchev–Trinajstić information content (AvgIpc) is 3.29. The summed E-state index contributed by atoms with van der Waals surface area (Å²) >= 11 is 0. The van der Waals surface area contributed by atoms with Gasteiger partial charge < -0.3 is 5.32 Å². The van der Waals surface area contributed by atoms with Crippen molar-refractivity contribution in [1.82, 2.24) is 10.2 Å². The van der Waals surface area contributed by atoms with Gasteiger partial charge in [0.25, 0.3) is 0 Å². The minimum atomic E-state index is 0.759. The van der Waals surface area contributed by atoms with Crippen LogP contribution >= 0.6 is 0 Å². The number of benzene rings is 1. The van der Waals surface area contributed by atoms with Gasteiger partial charge in [-0.1, -0.05) is 45.0 Å². The summed E-state index contributed by atoms with van der Waals surface area (Å²) in [6.07, 6.45) is 5.15. The van der Waals surface area contributed by atoms with Gasteiger partial charge >= 0.3 is 0 Å². The Bertz CT molecular complexity index is 393. The molecule has 2 nitrogen and oxygen atoms in total. The van der Waals surface area contributed by atoms with Crippen LogP contribution < -0.4 is 5.32 Å². The van der Waals surface area contributed by atoms with Crippen LogP contribution in [-0.2, 0) is 13.0 Å². The normalized spacial score (nSPS) is 15.1. The molecule has 2 rings (SSSR count). The monoisotopic (exact) mass is 288 g/mol. The van der Waals surface area contributed by atoms with Gasteiger partial charge in [0.2, 0.25) is 0 Å². The second-order valence-corrected chi connectivity index (χ2v) is 6.87. The summed E-state index contributed by atoms with van der Waals surface area (Å²) < 4.78 is 0. The van der Waals surface area contributed by atoms with Gasteiger partial charge in [-0.25, -0.2) is 0 Å². The molecule has 1 aromatic rings. The quantitative estimate of drug-likeness (QED) is 0.658. The molecule has 1 aliphatic rings. The Labute approximate surface area is 130 Å². The summed E-state index contributed by atoms with van der Waals surface area (Å²) in [6, 6.07) is 10.1. The van der Waals surface area contributed by atoms with Crippen LogP contribution in [0.25, 0.3) is 0 Å². The van der Waals surface area contributed by atoms with Crippen molar-refractivity contribution in [2.45, 2.75) is 59.0 Å². The third-order valence-corrected chi connectivity index (χ3v) is 4.09. The van der Waals surface area contributed by atoms with Crippen molar-refractivity contribution in [2.24, 2.45) is 5.92 Å². The molecule has 0 spiro atoms. The first-order valence-corrected chi connectivity index (χ1v) is 8.71. The van der Waals surface area contributed by atoms with Gasteiger partial charge in [-0.05, 0) is 55.8 Å². The second-order valence-electron chi connectivity index (χ2n) is 6.87. The van der Waals surface area contributed by atoms with E-state index in [2.05, 4.69) is 55.3 Å². The second kappa shape index (κ2) is 8.55. The highest BCUT2D eigenvalue weighted by Gasteiger charge is 2.29.